The van der Waals surface area contributed by atoms with Crippen molar-refractivity contribution in [1.82, 2.24) is 9.62 Å². The quantitative estimate of drug-likeness (QED) is 0.711. The monoisotopic (exact) mass is 442 g/mol. The number of ether oxygens (including phenoxy) is 1. The summed E-state index contributed by atoms with van der Waals surface area (Å²) in [7, 11) is -1.73. The first kappa shape index (κ1) is 21.8. The molecule has 166 valence electrons. The second-order valence-electron chi connectivity index (χ2n) is 8.39. The van der Waals surface area contributed by atoms with E-state index in [1.54, 1.807) is 35.7 Å². The maximum absolute atomic E-state index is 12.6. The lowest BCUT2D eigenvalue weighted by Crippen LogP contribution is -2.28. The Kier molecular flexibility index (Phi) is 6.62. The van der Waals surface area contributed by atoms with E-state index in [1.807, 2.05) is 6.07 Å². The van der Waals surface area contributed by atoms with E-state index in [1.165, 1.54) is 11.1 Å². The van der Waals surface area contributed by atoms with Gasteiger partial charge < -0.3 is 10.1 Å². The molecule has 0 bridgehead atoms. The van der Waals surface area contributed by atoms with Gasteiger partial charge in [0.15, 0.2) is 0 Å². The van der Waals surface area contributed by atoms with Gasteiger partial charge >= 0.3 is 0 Å². The molecule has 4 rings (SSSR count). The highest BCUT2D eigenvalue weighted by Crippen LogP contribution is 2.35. The van der Waals surface area contributed by atoms with Crippen LogP contribution in [0.5, 0.6) is 5.75 Å². The van der Waals surface area contributed by atoms with Crippen molar-refractivity contribution in [1.29, 1.82) is 0 Å². The van der Waals surface area contributed by atoms with Crippen molar-refractivity contribution >= 4 is 15.9 Å². The predicted molar refractivity (Wildman–Crippen MR) is 120 cm³/mol. The number of rotatable bonds is 7. The minimum atomic E-state index is -3.40. The largest absolute Gasteiger partial charge is 0.497 e. The van der Waals surface area contributed by atoms with Crippen LogP contribution >= 0.6 is 0 Å². The highest BCUT2D eigenvalue weighted by molar-refractivity contribution is 7.89. The number of methoxy groups -OCH3 is 1. The van der Waals surface area contributed by atoms with E-state index < -0.39 is 10.0 Å². The first-order valence-electron chi connectivity index (χ1n) is 11.0. The molecule has 31 heavy (non-hydrogen) atoms. The minimum absolute atomic E-state index is 0.0161. The third-order valence-electron chi connectivity index (χ3n) is 6.34. The lowest BCUT2D eigenvalue weighted by atomic mass is 9.81. The summed E-state index contributed by atoms with van der Waals surface area (Å²) in [4.78, 5) is 12.9. The van der Waals surface area contributed by atoms with E-state index in [0.29, 0.717) is 31.0 Å². The van der Waals surface area contributed by atoms with Gasteiger partial charge in [-0.15, -0.1) is 0 Å². The number of hydrogen-bond acceptors (Lipinski definition) is 4. The second-order valence-corrected chi connectivity index (χ2v) is 10.3. The van der Waals surface area contributed by atoms with Crippen molar-refractivity contribution in [3.8, 4) is 5.75 Å². The molecule has 0 spiro atoms. The third kappa shape index (κ3) is 4.93. The maximum Gasteiger partial charge on any atom is 0.243 e. The molecule has 1 unspecified atom stereocenters. The topological polar surface area (TPSA) is 75.7 Å². The predicted octanol–water partition coefficient (Wildman–Crippen LogP) is 3.61. The molecule has 6 nitrogen and oxygen atoms in total. The standard InChI is InChI=1S/C24H30N2O4S/c1-30-21-9-12-23-19(15-21)5-4-6-20(23)16-24(27)25-17-18-7-10-22(11-8-18)31(28,29)26-13-2-3-14-26/h7-12,15,20H,2-6,13-14,16-17H2,1H3,(H,25,27). The average Bonchev–Trinajstić information content (AvgIpc) is 3.34. The lowest BCUT2D eigenvalue weighted by Gasteiger charge is -2.25. The Morgan fingerprint density at radius 2 is 1.84 bits per heavy atom. The number of carbonyl (C=O) groups excluding carboxylic acids is 1. The Balaban J connectivity index is 1.33. The van der Waals surface area contributed by atoms with Gasteiger partial charge in [-0.1, -0.05) is 18.2 Å². The first-order valence-corrected chi connectivity index (χ1v) is 12.4. The Bertz CT molecular complexity index is 1030. The summed E-state index contributed by atoms with van der Waals surface area (Å²) in [6, 6.07) is 13.0. The van der Waals surface area contributed by atoms with Gasteiger partial charge in [-0.2, -0.15) is 4.31 Å². The number of benzene rings is 2. The number of carbonyl (C=O) groups is 1. The highest BCUT2D eigenvalue weighted by Gasteiger charge is 2.27. The molecule has 2 aromatic carbocycles. The molecule has 1 atom stereocenters. The SMILES string of the molecule is COc1ccc2c(c1)CCCC2CC(=O)NCc1ccc(S(=O)(=O)N2CCCC2)cc1. The molecule has 7 heteroatoms. The van der Waals surface area contributed by atoms with E-state index in [9.17, 15) is 13.2 Å². The molecule has 1 fully saturated rings. The summed E-state index contributed by atoms with van der Waals surface area (Å²) >= 11 is 0. The summed E-state index contributed by atoms with van der Waals surface area (Å²) in [5, 5.41) is 2.99. The second kappa shape index (κ2) is 9.40. The first-order chi connectivity index (χ1) is 15.0. The average molecular weight is 443 g/mol. The van der Waals surface area contributed by atoms with Gasteiger partial charge in [-0.3, -0.25) is 4.79 Å². The number of nitrogens with one attached hydrogen (secondary N) is 1. The number of amides is 1. The van der Waals surface area contributed by atoms with Crippen LogP contribution in [0.1, 0.15) is 54.7 Å². The van der Waals surface area contributed by atoms with Crippen molar-refractivity contribution in [3.05, 3.63) is 59.2 Å². The zero-order chi connectivity index (χ0) is 21.8. The fourth-order valence-corrected chi connectivity index (χ4v) is 6.10. The van der Waals surface area contributed by atoms with Crippen molar-refractivity contribution in [2.75, 3.05) is 20.2 Å². The summed E-state index contributed by atoms with van der Waals surface area (Å²) in [5.41, 5.74) is 3.42. The third-order valence-corrected chi connectivity index (χ3v) is 8.25. The van der Waals surface area contributed by atoms with Crippen LogP contribution in [0, 0.1) is 0 Å². The van der Waals surface area contributed by atoms with Crippen LogP contribution in [0.15, 0.2) is 47.4 Å². The molecule has 0 saturated carbocycles. The van der Waals surface area contributed by atoms with Crippen LogP contribution in [0.25, 0.3) is 0 Å². The zero-order valence-electron chi connectivity index (χ0n) is 18.0. The molecule has 2 aromatic rings. The van der Waals surface area contributed by atoms with Crippen molar-refractivity contribution in [2.45, 2.75) is 55.9 Å². The van der Waals surface area contributed by atoms with Gasteiger partial charge in [0, 0.05) is 26.1 Å². The van der Waals surface area contributed by atoms with E-state index in [4.69, 9.17) is 4.74 Å². The zero-order valence-corrected chi connectivity index (χ0v) is 18.8. The molecular weight excluding hydrogens is 412 g/mol. The Labute approximate surface area is 184 Å². The lowest BCUT2D eigenvalue weighted by molar-refractivity contribution is -0.121. The molecular formula is C24H30N2O4S. The van der Waals surface area contributed by atoms with Crippen LogP contribution in [0.4, 0.5) is 0 Å². The Morgan fingerprint density at radius 1 is 1.10 bits per heavy atom. The number of hydrogen-bond donors (Lipinski definition) is 1. The molecule has 1 heterocycles. The van der Waals surface area contributed by atoms with Crippen LogP contribution in [0.3, 0.4) is 0 Å². The maximum atomic E-state index is 12.6. The van der Waals surface area contributed by atoms with Crippen LogP contribution in [0.2, 0.25) is 0 Å². The minimum Gasteiger partial charge on any atom is -0.497 e. The summed E-state index contributed by atoms with van der Waals surface area (Å²) in [6.45, 7) is 1.58. The molecule has 0 radical (unpaired) electrons. The van der Waals surface area contributed by atoms with Gasteiger partial charge in [0.1, 0.15) is 5.75 Å². The highest BCUT2D eigenvalue weighted by atomic mass is 32.2. The van der Waals surface area contributed by atoms with E-state index in [2.05, 4.69) is 17.4 Å². The van der Waals surface area contributed by atoms with Gasteiger partial charge in [0.05, 0.1) is 12.0 Å². The molecule has 1 N–H and O–H groups in total. The van der Waals surface area contributed by atoms with Crippen molar-refractivity contribution in [3.63, 3.8) is 0 Å². The van der Waals surface area contributed by atoms with E-state index in [-0.39, 0.29) is 11.8 Å². The van der Waals surface area contributed by atoms with E-state index >= 15 is 0 Å². The molecule has 1 aliphatic heterocycles. The number of nitrogens with zero attached hydrogens (tertiary/aromatic N) is 1. The molecule has 0 aromatic heterocycles. The fraction of sp³-hybridized carbons (Fsp3) is 0.458. The molecule has 1 aliphatic carbocycles. The molecule has 1 amide bonds. The normalized spacial score (nSPS) is 19.1. The summed E-state index contributed by atoms with van der Waals surface area (Å²) < 4.78 is 32.1. The molecule has 1 saturated heterocycles. The summed E-state index contributed by atoms with van der Waals surface area (Å²) in [6.07, 6.45) is 5.41. The van der Waals surface area contributed by atoms with Crippen LogP contribution < -0.4 is 10.1 Å². The van der Waals surface area contributed by atoms with Gasteiger partial charge in [0.25, 0.3) is 0 Å². The van der Waals surface area contributed by atoms with Gasteiger partial charge in [-0.05, 0) is 79.0 Å². The van der Waals surface area contributed by atoms with Crippen molar-refractivity contribution in [2.24, 2.45) is 0 Å². The Hall–Kier alpha value is -2.38. The summed E-state index contributed by atoms with van der Waals surface area (Å²) in [5.74, 6) is 1.10. The van der Waals surface area contributed by atoms with E-state index in [0.717, 1.165) is 43.4 Å². The van der Waals surface area contributed by atoms with Crippen LogP contribution in [-0.4, -0.2) is 38.8 Å². The van der Waals surface area contributed by atoms with Crippen LogP contribution in [-0.2, 0) is 27.8 Å². The number of aryl methyl sites for hydroxylation is 1. The van der Waals surface area contributed by atoms with Gasteiger partial charge in [0.2, 0.25) is 15.9 Å². The number of sulfonamides is 1. The fourth-order valence-electron chi connectivity index (χ4n) is 4.58. The Morgan fingerprint density at radius 3 is 2.55 bits per heavy atom. The van der Waals surface area contributed by atoms with Crippen molar-refractivity contribution < 1.29 is 17.9 Å². The van der Waals surface area contributed by atoms with Gasteiger partial charge in [-0.25, -0.2) is 8.42 Å². The molecule has 2 aliphatic rings. The number of fused-ring (bicyclic) bond motifs is 1. The smallest absolute Gasteiger partial charge is 0.243 e.